The van der Waals surface area contributed by atoms with Crippen molar-refractivity contribution in [2.24, 2.45) is 0 Å². The van der Waals surface area contributed by atoms with E-state index in [1.165, 1.54) is 77.0 Å². The molecule has 0 aromatic carbocycles. The van der Waals surface area contributed by atoms with Crippen LogP contribution in [-0.2, 0) is 9.59 Å². The van der Waals surface area contributed by atoms with Gasteiger partial charge in [-0.05, 0) is 19.8 Å². The molecule has 27 heavy (non-hydrogen) atoms. The number of aliphatic hydroxyl groups is 1. The van der Waals surface area contributed by atoms with Crippen LogP contribution >= 0.6 is 0 Å². The number of hydrogen-bond donors (Lipinski definition) is 3. The molecule has 0 radical (unpaired) electrons. The maximum atomic E-state index is 11.3. The van der Waals surface area contributed by atoms with Gasteiger partial charge in [-0.25, -0.2) is 0 Å². The Kier molecular flexibility index (Phi) is 18.9. The van der Waals surface area contributed by atoms with Crippen LogP contribution in [0.15, 0.2) is 0 Å². The molecule has 0 bridgehead atoms. The molecular weight excluding hydrogens is 342 g/mol. The number of hydrogen-bond acceptors (Lipinski definition) is 3. The Balaban J connectivity index is 3.09. The first-order valence-electron chi connectivity index (χ1n) is 11.2. The van der Waals surface area contributed by atoms with E-state index in [-0.39, 0.29) is 5.91 Å². The van der Waals surface area contributed by atoms with Crippen LogP contribution in [0.25, 0.3) is 0 Å². The molecule has 0 aliphatic heterocycles. The number of carbonyl (C=O) groups is 2. The summed E-state index contributed by atoms with van der Waals surface area (Å²) in [5.41, 5.74) is 0. The number of unbranched alkanes of at least 4 members (excludes halogenated alkanes) is 15. The van der Waals surface area contributed by atoms with Crippen LogP contribution < -0.4 is 5.32 Å². The smallest absolute Gasteiger partial charge is 0.303 e. The number of carboxylic acid groups (broad SMARTS) is 1. The van der Waals surface area contributed by atoms with Crippen molar-refractivity contribution in [3.8, 4) is 0 Å². The summed E-state index contributed by atoms with van der Waals surface area (Å²) in [6.45, 7) is 1.56. The molecule has 160 valence electrons. The molecule has 0 fully saturated rings. The molecule has 0 aliphatic rings. The second-order valence-corrected chi connectivity index (χ2v) is 7.79. The molecule has 0 spiro atoms. The molecule has 5 heteroatoms. The zero-order chi connectivity index (χ0) is 20.2. The first-order valence-corrected chi connectivity index (χ1v) is 11.2. The highest BCUT2D eigenvalue weighted by atomic mass is 16.4. The van der Waals surface area contributed by atoms with Gasteiger partial charge < -0.3 is 15.5 Å². The molecule has 0 aromatic rings. The van der Waals surface area contributed by atoms with Gasteiger partial charge >= 0.3 is 5.97 Å². The average Bonchev–Trinajstić information content (AvgIpc) is 2.59. The van der Waals surface area contributed by atoms with E-state index >= 15 is 0 Å². The molecular formula is C22H43NO4. The van der Waals surface area contributed by atoms with Crippen LogP contribution in [0.1, 0.15) is 122 Å². The minimum atomic E-state index is -0.743. The van der Waals surface area contributed by atoms with Gasteiger partial charge in [0.25, 0.3) is 0 Å². The first-order chi connectivity index (χ1) is 13.0. The van der Waals surface area contributed by atoms with Gasteiger partial charge in [0, 0.05) is 12.8 Å². The van der Waals surface area contributed by atoms with Gasteiger partial charge in [0.15, 0.2) is 0 Å². The summed E-state index contributed by atoms with van der Waals surface area (Å²) >= 11 is 0. The Labute approximate surface area is 166 Å². The SMILES string of the molecule is CC(O)NC(=O)CCCCCCCCCCCCCCCCCCC(=O)O. The van der Waals surface area contributed by atoms with Gasteiger partial charge in [-0.15, -0.1) is 0 Å². The second-order valence-electron chi connectivity index (χ2n) is 7.79. The van der Waals surface area contributed by atoms with Gasteiger partial charge in [0.05, 0.1) is 0 Å². The summed E-state index contributed by atoms with van der Waals surface area (Å²) in [5, 5.41) is 20.1. The van der Waals surface area contributed by atoms with E-state index in [9.17, 15) is 9.59 Å². The summed E-state index contributed by atoms with van der Waals surface area (Å²) in [6.07, 6.45) is 19.5. The first kappa shape index (κ1) is 25.9. The quantitative estimate of drug-likeness (QED) is 0.189. The summed E-state index contributed by atoms with van der Waals surface area (Å²) in [5.74, 6) is -0.726. The standard InChI is InChI=1S/C22H43NO4/c1-20(24)23-21(25)18-16-14-12-10-8-6-4-2-3-5-7-9-11-13-15-17-19-22(26)27/h20,24H,2-19H2,1H3,(H,23,25)(H,26,27). The monoisotopic (exact) mass is 385 g/mol. The van der Waals surface area contributed by atoms with E-state index in [2.05, 4.69) is 5.32 Å². The Morgan fingerprint density at radius 1 is 0.630 bits per heavy atom. The third kappa shape index (κ3) is 22.9. The van der Waals surface area contributed by atoms with Crippen LogP contribution in [0.4, 0.5) is 0 Å². The van der Waals surface area contributed by atoms with Crippen molar-refractivity contribution in [3.05, 3.63) is 0 Å². The lowest BCUT2D eigenvalue weighted by atomic mass is 10.0. The maximum absolute atomic E-state index is 11.3. The van der Waals surface area contributed by atoms with E-state index in [1.807, 2.05) is 0 Å². The van der Waals surface area contributed by atoms with E-state index < -0.39 is 12.2 Å². The summed E-state index contributed by atoms with van der Waals surface area (Å²) in [6, 6.07) is 0. The molecule has 0 saturated carbocycles. The highest BCUT2D eigenvalue weighted by Crippen LogP contribution is 2.14. The normalized spacial score (nSPS) is 12.1. The van der Waals surface area contributed by atoms with Gasteiger partial charge in [-0.1, -0.05) is 89.9 Å². The Hall–Kier alpha value is -1.10. The number of aliphatic hydroxyl groups excluding tert-OH is 1. The fourth-order valence-electron chi connectivity index (χ4n) is 3.34. The van der Waals surface area contributed by atoms with Gasteiger partial charge in [-0.3, -0.25) is 9.59 Å². The van der Waals surface area contributed by atoms with Crippen LogP contribution in [0, 0.1) is 0 Å². The molecule has 1 unspecified atom stereocenters. The third-order valence-electron chi connectivity index (χ3n) is 4.91. The van der Waals surface area contributed by atoms with Crippen LogP contribution in [0.5, 0.6) is 0 Å². The predicted molar refractivity (Wildman–Crippen MR) is 111 cm³/mol. The van der Waals surface area contributed by atoms with Crippen LogP contribution in [-0.4, -0.2) is 28.3 Å². The Morgan fingerprint density at radius 2 is 0.926 bits per heavy atom. The molecule has 3 N–H and O–H groups in total. The number of aliphatic carboxylic acids is 1. The van der Waals surface area contributed by atoms with Crippen molar-refractivity contribution >= 4 is 11.9 Å². The topological polar surface area (TPSA) is 86.6 Å². The minimum absolute atomic E-state index is 0.0526. The van der Waals surface area contributed by atoms with Crippen LogP contribution in [0.3, 0.4) is 0 Å². The zero-order valence-corrected chi connectivity index (χ0v) is 17.5. The van der Waals surface area contributed by atoms with Gasteiger partial charge in [0.1, 0.15) is 6.23 Å². The van der Waals surface area contributed by atoms with E-state index in [0.717, 1.165) is 25.7 Å². The number of amides is 1. The van der Waals surface area contributed by atoms with Crippen molar-refractivity contribution in [2.75, 3.05) is 0 Å². The molecule has 1 amide bonds. The Morgan fingerprint density at radius 3 is 1.22 bits per heavy atom. The molecule has 0 heterocycles. The van der Waals surface area contributed by atoms with E-state index in [4.69, 9.17) is 10.2 Å². The fourth-order valence-corrected chi connectivity index (χ4v) is 3.34. The Bertz CT molecular complexity index is 358. The molecule has 1 atom stereocenters. The number of nitrogens with one attached hydrogen (secondary N) is 1. The lowest BCUT2D eigenvalue weighted by Gasteiger charge is -2.07. The van der Waals surface area contributed by atoms with Gasteiger partial charge in [0.2, 0.25) is 5.91 Å². The van der Waals surface area contributed by atoms with Crippen molar-refractivity contribution in [1.82, 2.24) is 5.32 Å². The second kappa shape index (κ2) is 19.7. The van der Waals surface area contributed by atoms with E-state index in [0.29, 0.717) is 12.8 Å². The summed E-state index contributed by atoms with van der Waals surface area (Å²) in [4.78, 5) is 21.7. The third-order valence-corrected chi connectivity index (χ3v) is 4.91. The largest absolute Gasteiger partial charge is 0.481 e. The summed E-state index contributed by atoms with van der Waals surface area (Å²) in [7, 11) is 0. The lowest BCUT2D eigenvalue weighted by molar-refractivity contribution is -0.137. The predicted octanol–water partition coefficient (Wildman–Crippen LogP) is 5.55. The maximum Gasteiger partial charge on any atom is 0.303 e. The fraction of sp³-hybridized carbons (Fsp3) is 0.909. The molecule has 5 nitrogen and oxygen atoms in total. The van der Waals surface area contributed by atoms with Crippen LogP contribution in [0.2, 0.25) is 0 Å². The zero-order valence-electron chi connectivity index (χ0n) is 17.5. The number of carbonyl (C=O) groups excluding carboxylic acids is 1. The molecule has 0 aliphatic carbocycles. The number of carboxylic acids is 1. The summed E-state index contributed by atoms with van der Waals surface area (Å²) < 4.78 is 0. The van der Waals surface area contributed by atoms with Crippen molar-refractivity contribution in [3.63, 3.8) is 0 Å². The van der Waals surface area contributed by atoms with Crippen molar-refractivity contribution in [1.29, 1.82) is 0 Å². The number of rotatable bonds is 20. The molecule has 0 rings (SSSR count). The minimum Gasteiger partial charge on any atom is -0.481 e. The highest BCUT2D eigenvalue weighted by Gasteiger charge is 2.03. The average molecular weight is 386 g/mol. The van der Waals surface area contributed by atoms with E-state index in [1.54, 1.807) is 6.92 Å². The highest BCUT2D eigenvalue weighted by molar-refractivity contribution is 5.75. The molecule has 0 saturated heterocycles. The van der Waals surface area contributed by atoms with Crippen molar-refractivity contribution < 1.29 is 19.8 Å². The van der Waals surface area contributed by atoms with Crippen molar-refractivity contribution in [2.45, 2.75) is 129 Å². The molecule has 0 aromatic heterocycles. The lowest BCUT2D eigenvalue weighted by Crippen LogP contribution is -2.31. The van der Waals surface area contributed by atoms with Gasteiger partial charge in [-0.2, -0.15) is 0 Å².